The van der Waals surface area contributed by atoms with Crippen LogP contribution in [0.4, 0.5) is 5.69 Å². The van der Waals surface area contributed by atoms with Gasteiger partial charge in [0.15, 0.2) is 0 Å². The van der Waals surface area contributed by atoms with E-state index in [0.29, 0.717) is 11.4 Å². The fourth-order valence-electron chi connectivity index (χ4n) is 2.21. The Morgan fingerprint density at radius 1 is 1.19 bits per heavy atom. The lowest BCUT2D eigenvalue weighted by Crippen LogP contribution is -2.41. The normalized spacial score (nSPS) is 20.2. The highest BCUT2D eigenvalue weighted by Crippen LogP contribution is 2.37. The Labute approximate surface area is 126 Å². The van der Waals surface area contributed by atoms with Crippen LogP contribution in [0.2, 0.25) is 0 Å². The summed E-state index contributed by atoms with van der Waals surface area (Å²) in [5.41, 5.74) is 7.46. The minimum atomic E-state index is -0.491. The Bertz CT molecular complexity index is 554. The smallest absolute Gasteiger partial charge is 0.497 e. The molecule has 1 aliphatic heterocycles. The van der Waals surface area contributed by atoms with E-state index in [2.05, 4.69) is 4.99 Å². The van der Waals surface area contributed by atoms with E-state index in [1.165, 1.54) is 0 Å². The molecule has 1 saturated heterocycles. The highest BCUT2D eigenvalue weighted by molar-refractivity contribution is 6.63. The second kappa shape index (κ2) is 5.35. The van der Waals surface area contributed by atoms with Crippen molar-refractivity contribution in [3.63, 3.8) is 0 Å². The fraction of sp³-hybridized carbons (Fsp3) is 0.533. The third kappa shape index (κ3) is 2.78. The van der Waals surface area contributed by atoms with Gasteiger partial charge in [0.05, 0.1) is 18.3 Å². The number of benzene rings is 1. The molecule has 1 aliphatic rings. The van der Waals surface area contributed by atoms with E-state index in [9.17, 15) is 0 Å². The molecule has 6 heteroatoms. The number of anilines is 1. The summed E-state index contributed by atoms with van der Waals surface area (Å²) in [6, 6.07) is 3.68. The quantitative estimate of drug-likeness (QED) is 0.522. The zero-order valence-electron chi connectivity index (χ0n) is 13.6. The molecule has 2 N–H and O–H groups in total. The Hall–Kier alpha value is -1.53. The van der Waals surface area contributed by atoms with Crippen molar-refractivity contribution in [2.45, 2.75) is 38.9 Å². The maximum atomic E-state index is 6.08. The van der Waals surface area contributed by atoms with E-state index >= 15 is 0 Å². The van der Waals surface area contributed by atoms with Gasteiger partial charge in [0.25, 0.3) is 0 Å². The lowest BCUT2D eigenvalue weighted by Gasteiger charge is -2.32. The van der Waals surface area contributed by atoms with Crippen molar-refractivity contribution < 1.29 is 14.0 Å². The summed E-state index contributed by atoms with van der Waals surface area (Å²) in [6.07, 6.45) is 1.71. The van der Waals surface area contributed by atoms with Crippen LogP contribution in [0.25, 0.3) is 0 Å². The largest absolute Gasteiger partial charge is 0.498 e. The molecule has 114 valence electrons. The van der Waals surface area contributed by atoms with Crippen LogP contribution in [-0.2, 0) is 9.31 Å². The number of hydrogen-bond donors (Lipinski definition) is 1. The molecule has 0 amide bonds. The maximum absolute atomic E-state index is 6.08. The third-order valence-electron chi connectivity index (χ3n) is 4.21. The molecule has 0 spiro atoms. The van der Waals surface area contributed by atoms with Gasteiger partial charge >= 0.3 is 7.12 Å². The topological polar surface area (TPSA) is 66.1 Å². The standard InChI is InChI=1S/C15H23BN2O3/c1-14(2)15(3,4)21-16(20-14)11-7-10(9-18-5)12(17)8-13(11)19-6/h7-9H,17H2,1-6H3. The fourth-order valence-corrected chi connectivity index (χ4v) is 2.21. The average Bonchev–Trinajstić information content (AvgIpc) is 2.60. The Morgan fingerprint density at radius 3 is 2.24 bits per heavy atom. The minimum absolute atomic E-state index is 0.400. The maximum Gasteiger partial charge on any atom is 0.498 e. The number of hydrogen-bond acceptors (Lipinski definition) is 5. The molecular weight excluding hydrogens is 267 g/mol. The van der Waals surface area contributed by atoms with Crippen molar-refractivity contribution in [3.8, 4) is 5.75 Å². The van der Waals surface area contributed by atoms with Gasteiger partial charge in [0, 0.05) is 36.0 Å². The van der Waals surface area contributed by atoms with Crippen molar-refractivity contribution in [1.82, 2.24) is 0 Å². The molecular formula is C15H23BN2O3. The van der Waals surface area contributed by atoms with Gasteiger partial charge in [-0.2, -0.15) is 0 Å². The summed E-state index contributed by atoms with van der Waals surface area (Å²) >= 11 is 0. The second-order valence-corrected chi connectivity index (χ2v) is 6.20. The van der Waals surface area contributed by atoms with Crippen LogP contribution in [0.5, 0.6) is 5.75 Å². The highest BCUT2D eigenvalue weighted by atomic mass is 16.7. The van der Waals surface area contributed by atoms with Crippen LogP contribution in [0.1, 0.15) is 33.3 Å². The minimum Gasteiger partial charge on any atom is -0.497 e. The van der Waals surface area contributed by atoms with Crippen molar-refractivity contribution in [3.05, 3.63) is 17.7 Å². The van der Waals surface area contributed by atoms with Gasteiger partial charge in [-0.3, -0.25) is 4.99 Å². The third-order valence-corrected chi connectivity index (χ3v) is 4.21. The number of methoxy groups -OCH3 is 1. The summed E-state index contributed by atoms with van der Waals surface area (Å²) in [4.78, 5) is 4.02. The summed E-state index contributed by atoms with van der Waals surface area (Å²) in [7, 11) is 2.82. The van der Waals surface area contributed by atoms with Crippen LogP contribution >= 0.6 is 0 Å². The summed E-state index contributed by atoms with van der Waals surface area (Å²) in [5.74, 6) is 0.652. The van der Waals surface area contributed by atoms with Crippen LogP contribution in [0, 0.1) is 0 Å². The number of nitrogens with two attached hydrogens (primary N) is 1. The first kappa shape index (κ1) is 15.9. The Morgan fingerprint density at radius 2 is 1.76 bits per heavy atom. The monoisotopic (exact) mass is 290 g/mol. The van der Waals surface area contributed by atoms with Crippen LogP contribution < -0.4 is 15.9 Å². The molecule has 2 rings (SSSR count). The molecule has 5 nitrogen and oxygen atoms in total. The lowest BCUT2D eigenvalue weighted by atomic mass is 9.77. The van der Waals surface area contributed by atoms with Gasteiger partial charge in [-0.05, 0) is 33.8 Å². The first-order valence-electron chi connectivity index (χ1n) is 6.97. The molecule has 0 radical (unpaired) electrons. The molecule has 0 bridgehead atoms. The van der Waals surface area contributed by atoms with E-state index < -0.39 is 18.3 Å². The molecule has 0 aromatic heterocycles. The van der Waals surface area contributed by atoms with Crippen molar-refractivity contribution in [2.75, 3.05) is 19.9 Å². The van der Waals surface area contributed by atoms with E-state index in [0.717, 1.165) is 11.0 Å². The van der Waals surface area contributed by atoms with Crippen molar-refractivity contribution >= 4 is 24.5 Å². The van der Waals surface area contributed by atoms with Gasteiger partial charge in [-0.25, -0.2) is 0 Å². The number of ether oxygens (including phenoxy) is 1. The predicted molar refractivity (Wildman–Crippen MR) is 86.6 cm³/mol. The molecule has 1 aromatic rings. The number of nitrogen functional groups attached to an aromatic ring is 1. The van der Waals surface area contributed by atoms with Crippen LogP contribution in [-0.4, -0.2) is 38.7 Å². The first-order chi connectivity index (χ1) is 9.71. The lowest BCUT2D eigenvalue weighted by molar-refractivity contribution is 0.00578. The van der Waals surface area contributed by atoms with Gasteiger partial charge in [-0.1, -0.05) is 0 Å². The van der Waals surface area contributed by atoms with Crippen molar-refractivity contribution in [2.24, 2.45) is 4.99 Å². The summed E-state index contributed by atoms with van der Waals surface area (Å²) in [5, 5.41) is 0. The molecule has 0 saturated carbocycles. The van der Waals surface area contributed by atoms with Gasteiger partial charge in [0.1, 0.15) is 5.75 Å². The Kier molecular flexibility index (Phi) is 4.04. The summed E-state index contributed by atoms with van der Waals surface area (Å²) < 4.78 is 17.6. The highest BCUT2D eigenvalue weighted by Gasteiger charge is 2.52. The summed E-state index contributed by atoms with van der Waals surface area (Å²) in [6.45, 7) is 8.08. The number of rotatable bonds is 3. The molecule has 1 fully saturated rings. The predicted octanol–water partition coefficient (Wildman–Crippen LogP) is 1.63. The number of aliphatic imine (C=N–C) groups is 1. The average molecular weight is 290 g/mol. The van der Waals surface area contributed by atoms with Gasteiger partial charge in [-0.15, -0.1) is 0 Å². The van der Waals surface area contributed by atoms with E-state index in [1.807, 2.05) is 33.8 Å². The zero-order valence-corrected chi connectivity index (χ0v) is 13.6. The van der Waals surface area contributed by atoms with E-state index in [4.69, 9.17) is 19.8 Å². The Balaban J connectivity index is 2.47. The molecule has 1 heterocycles. The molecule has 0 atom stereocenters. The molecule has 0 aliphatic carbocycles. The SMILES string of the molecule is CN=Cc1cc(B2OC(C)(C)C(C)(C)O2)c(OC)cc1N. The van der Waals surface area contributed by atoms with Gasteiger partial charge in [0.2, 0.25) is 0 Å². The van der Waals surface area contributed by atoms with Gasteiger partial charge < -0.3 is 19.8 Å². The molecule has 0 unspecified atom stereocenters. The molecule has 21 heavy (non-hydrogen) atoms. The zero-order chi connectivity index (χ0) is 15.8. The van der Waals surface area contributed by atoms with Crippen molar-refractivity contribution in [1.29, 1.82) is 0 Å². The first-order valence-corrected chi connectivity index (χ1v) is 6.97. The van der Waals surface area contributed by atoms with Crippen LogP contribution in [0.3, 0.4) is 0 Å². The van der Waals surface area contributed by atoms with Crippen LogP contribution in [0.15, 0.2) is 17.1 Å². The number of nitrogens with zero attached hydrogens (tertiary/aromatic N) is 1. The van der Waals surface area contributed by atoms with E-state index in [1.54, 1.807) is 26.4 Å². The second-order valence-electron chi connectivity index (χ2n) is 6.20. The molecule has 1 aromatic carbocycles. The van der Waals surface area contributed by atoms with E-state index in [-0.39, 0.29) is 0 Å².